The number of nitrogens with one attached hydrogen (secondary N) is 1. The molecule has 1 aliphatic rings. The first-order chi connectivity index (χ1) is 9.11. The van der Waals surface area contributed by atoms with Crippen molar-refractivity contribution in [3.63, 3.8) is 0 Å². The summed E-state index contributed by atoms with van der Waals surface area (Å²) >= 11 is 5.66. The summed E-state index contributed by atoms with van der Waals surface area (Å²) in [6.45, 7) is 0.924. The topological polar surface area (TPSA) is 58.3 Å². The van der Waals surface area contributed by atoms with Crippen LogP contribution in [-0.4, -0.2) is 18.3 Å². The van der Waals surface area contributed by atoms with Crippen LogP contribution in [0.1, 0.15) is 25.7 Å². The van der Waals surface area contributed by atoms with E-state index in [4.69, 9.17) is 17.3 Å². The zero-order chi connectivity index (χ0) is 13.8. The number of nitrogen functional groups attached to an aromatic ring is 1. The quantitative estimate of drug-likeness (QED) is 0.745. The Morgan fingerprint density at radius 1 is 1.32 bits per heavy atom. The van der Waals surface area contributed by atoms with Crippen molar-refractivity contribution in [3.8, 4) is 0 Å². The van der Waals surface area contributed by atoms with E-state index in [0.717, 1.165) is 12.8 Å². The predicted molar refractivity (Wildman–Crippen MR) is 76.8 cm³/mol. The smallest absolute Gasteiger partial charge is 0.143 e. The minimum absolute atomic E-state index is 0.0361. The summed E-state index contributed by atoms with van der Waals surface area (Å²) < 4.78 is 13.4. The van der Waals surface area contributed by atoms with Gasteiger partial charge in [-0.15, -0.1) is 0 Å². The third-order valence-corrected chi connectivity index (χ3v) is 4.24. The van der Waals surface area contributed by atoms with Crippen LogP contribution in [-0.2, 0) is 0 Å². The van der Waals surface area contributed by atoms with E-state index in [9.17, 15) is 9.50 Å². The number of rotatable bonds is 4. The van der Waals surface area contributed by atoms with Crippen molar-refractivity contribution in [2.24, 2.45) is 11.8 Å². The van der Waals surface area contributed by atoms with Gasteiger partial charge < -0.3 is 16.2 Å². The molecule has 1 aromatic carbocycles. The van der Waals surface area contributed by atoms with Gasteiger partial charge in [-0.2, -0.15) is 0 Å². The van der Waals surface area contributed by atoms with Crippen LogP contribution in [0.4, 0.5) is 15.8 Å². The molecule has 4 N–H and O–H groups in total. The van der Waals surface area contributed by atoms with Crippen molar-refractivity contribution >= 4 is 23.0 Å². The molecule has 2 unspecified atom stereocenters. The van der Waals surface area contributed by atoms with Gasteiger partial charge in [0.25, 0.3) is 0 Å². The van der Waals surface area contributed by atoms with Gasteiger partial charge in [-0.3, -0.25) is 0 Å². The normalized spacial score (nSPS) is 23.3. The van der Waals surface area contributed by atoms with E-state index in [2.05, 4.69) is 5.32 Å². The average molecular weight is 287 g/mol. The molecule has 3 nitrogen and oxygen atoms in total. The Balaban J connectivity index is 1.99. The number of nitrogens with two attached hydrogens (primary N) is 1. The van der Waals surface area contributed by atoms with Crippen molar-refractivity contribution in [3.05, 3.63) is 23.0 Å². The molecule has 106 valence electrons. The maximum absolute atomic E-state index is 13.4. The summed E-state index contributed by atoms with van der Waals surface area (Å²) in [7, 11) is 0. The predicted octanol–water partition coefficient (Wildman–Crippen LogP) is 3.27. The maximum atomic E-state index is 13.4. The zero-order valence-corrected chi connectivity index (χ0v) is 11.6. The number of anilines is 2. The van der Waals surface area contributed by atoms with Gasteiger partial charge in [0, 0.05) is 19.2 Å². The highest BCUT2D eigenvalue weighted by molar-refractivity contribution is 6.31. The molecule has 2 rings (SSSR count). The minimum Gasteiger partial charge on any atom is -0.397 e. The van der Waals surface area contributed by atoms with Crippen molar-refractivity contribution in [1.82, 2.24) is 0 Å². The van der Waals surface area contributed by atoms with Crippen LogP contribution in [0.25, 0.3) is 0 Å². The number of halogens is 2. The maximum Gasteiger partial charge on any atom is 0.143 e. The fourth-order valence-electron chi connectivity index (χ4n) is 2.75. The summed E-state index contributed by atoms with van der Waals surface area (Å²) in [5.74, 6) is 0.275. The highest BCUT2D eigenvalue weighted by Gasteiger charge is 2.24. The lowest BCUT2D eigenvalue weighted by Gasteiger charge is -2.30. The Kier molecular flexibility index (Phi) is 4.88. The third kappa shape index (κ3) is 3.51. The number of hydrogen-bond acceptors (Lipinski definition) is 3. The van der Waals surface area contributed by atoms with Crippen LogP contribution in [0.5, 0.6) is 0 Å². The van der Waals surface area contributed by atoms with Gasteiger partial charge in [0.15, 0.2) is 0 Å². The Hall–Kier alpha value is -1.00. The first kappa shape index (κ1) is 14.4. The molecule has 19 heavy (non-hydrogen) atoms. The molecular weight excluding hydrogens is 267 g/mol. The van der Waals surface area contributed by atoms with Crippen LogP contribution in [0, 0.1) is 17.7 Å². The molecule has 0 heterocycles. The number of aliphatic hydroxyl groups excluding tert-OH is 1. The van der Waals surface area contributed by atoms with Gasteiger partial charge in [0.1, 0.15) is 5.82 Å². The number of aliphatic hydroxyl groups is 1. The largest absolute Gasteiger partial charge is 0.397 e. The van der Waals surface area contributed by atoms with E-state index in [-0.39, 0.29) is 11.6 Å². The van der Waals surface area contributed by atoms with Crippen LogP contribution >= 0.6 is 11.6 Å². The van der Waals surface area contributed by atoms with E-state index in [1.807, 2.05) is 0 Å². The van der Waals surface area contributed by atoms with E-state index in [0.29, 0.717) is 29.8 Å². The molecule has 1 fully saturated rings. The molecule has 0 spiro atoms. The number of hydrogen-bond donors (Lipinski definition) is 3. The van der Waals surface area contributed by atoms with Crippen LogP contribution in [0.2, 0.25) is 5.02 Å². The highest BCUT2D eigenvalue weighted by Crippen LogP contribution is 2.31. The van der Waals surface area contributed by atoms with E-state index >= 15 is 0 Å². The highest BCUT2D eigenvalue weighted by atomic mass is 35.5. The van der Waals surface area contributed by atoms with Gasteiger partial charge in [0.05, 0.1) is 16.4 Å². The van der Waals surface area contributed by atoms with Gasteiger partial charge in [-0.05, 0) is 30.7 Å². The first-order valence-electron chi connectivity index (χ1n) is 6.71. The fraction of sp³-hybridized carbons (Fsp3) is 0.571. The fourth-order valence-corrected chi connectivity index (χ4v) is 2.92. The second kappa shape index (κ2) is 6.44. The van der Waals surface area contributed by atoms with E-state index in [1.165, 1.54) is 25.0 Å². The number of benzene rings is 1. The Bertz CT molecular complexity index is 442. The molecule has 5 heteroatoms. The monoisotopic (exact) mass is 286 g/mol. The van der Waals surface area contributed by atoms with Crippen molar-refractivity contribution < 1.29 is 9.50 Å². The molecule has 0 aromatic heterocycles. The lowest BCUT2D eigenvalue weighted by molar-refractivity contribution is 0.141. The second-order valence-corrected chi connectivity index (χ2v) is 5.63. The van der Waals surface area contributed by atoms with Crippen molar-refractivity contribution in [2.45, 2.75) is 25.7 Å². The van der Waals surface area contributed by atoms with E-state index in [1.54, 1.807) is 0 Å². The molecule has 0 amide bonds. The summed E-state index contributed by atoms with van der Waals surface area (Å²) in [5.41, 5.74) is 6.83. The molecule has 1 saturated carbocycles. The molecular formula is C14H20ClFN2O. The first-order valence-corrected chi connectivity index (χ1v) is 7.09. The second-order valence-electron chi connectivity index (χ2n) is 5.22. The molecule has 0 aliphatic heterocycles. The van der Waals surface area contributed by atoms with Crippen LogP contribution in [0.15, 0.2) is 12.1 Å². The lowest BCUT2D eigenvalue weighted by atomic mass is 9.79. The summed E-state index contributed by atoms with van der Waals surface area (Å²) in [4.78, 5) is 0. The summed E-state index contributed by atoms with van der Waals surface area (Å²) in [6.07, 6.45) is 4.52. The SMILES string of the molecule is Nc1cc(Cl)c(F)cc1NCC1CCCCC1CO. The Labute approximate surface area is 117 Å². The van der Waals surface area contributed by atoms with Crippen molar-refractivity contribution in [2.75, 3.05) is 24.2 Å². The molecule has 2 atom stereocenters. The molecule has 1 aromatic rings. The molecule has 0 bridgehead atoms. The molecule has 0 saturated heterocycles. The third-order valence-electron chi connectivity index (χ3n) is 3.95. The zero-order valence-electron chi connectivity index (χ0n) is 10.8. The van der Waals surface area contributed by atoms with Crippen LogP contribution in [0.3, 0.4) is 0 Å². The molecule has 0 radical (unpaired) electrons. The van der Waals surface area contributed by atoms with Gasteiger partial charge in [-0.1, -0.05) is 24.4 Å². The van der Waals surface area contributed by atoms with Crippen molar-refractivity contribution in [1.29, 1.82) is 0 Å². The summed E-state index contributed by atoms with van der Waals surface area (Å²) in [6, 6.07) is 2.75. The Morgan fingerprint density at radius 2 is 2.00 bits per heavy atom. The summed E-state index contributed by atoms with van der Waals surface area (Å²) in [5, 5.41) is 12.6. The van der Waals surface area contributed by atoms with Gasteiger partial charge in [-0.25, -0.2) is 4.39 Å². The van der Waals surface area contributed by atoms with E-state index < -0.39 is 5.82 Å². The van der Waals surface area contributed by atoms with Gasteiger partial charge in [0.2, 0.25) is 0 Å². The van der Waals surface area contributed by atoms with Gasteiger partial charge >= 0.3 is 0 Å². The standard InChI is InChI=1S/C14H20ClFN2O/c15-11-5-13(17)14(6-12(11)16)18-7-9-3-1-2-4-10(9)8-19/h5-6,9-10,18-19H,1-4,7-8,17H2. The minimum atomic E-state index is -0.472. The average Bonchev–Trinajstić information content (AvgIpc) is 2.41. The lowest BCUT2D eigenvalue weighted by Crippen LogP contribution is -2.28. The Morgan fingerprint density at radius 3 is 2.68 bits per heavy atom. The molecule has 1 aliphatic carbocycles. The van der Waals surface area contributed by atoms with Crippen LogP contribution < -0.4 is 11.1 Å².